The minimum Gasteiger partial charge on any atom is -0.489 e. The quantitative estimate of drug-likeness (QED) is 0.487. The molecule has 1 saturated carbocycles. The molecule has 0 bridgehead atoms. The molecule has 0 spiro atoms. The lowest BCUT2D eigenvalue weighted by molar-refractivity contribution is -0.137. The molecule has 6 rings (SSSR count). The molecule has 3 atom stereocenters. The van der Waals surface area contributed by atoms with Crippen molar-refractivity contribution in [1.82, 2.24) is 4.98 Å². The molecular formula is C26H19F3N2O4. The standard InChI is InChI=1S/C26H19F3N2O4/c27-26(28,29)14-3-1-13(2-4-14)19(32)12-18-23-17-11-15(5-7-20(17)35-24(18)23)34-21-9-10-30-25-16(21)6-8-22(33)31-25/h1-5,7,9-11,18,23-24H,6,8,12H2,(H,30,31,33)/t18-,23-,24+/m0/s1. The highest BCUT2D eigenvalue weighted by atomic mass is 19.4. The van der Waals surface area contributed by atoms with Gasteiger partial charge in [-0.2, -0.15) is 13.2 Å². The number of fused-ring (bicyclic) bond motifs is 4. The molecule has 2 aliphatic heterocycles. The van der Waals surface area contributed by atoms with Crippen LogP contribution in [0.3, 0.4) is 0 Å². The normalized spacial score (nSPS) is 21.8. The second-order valence-electron chi connectivity index (χ2n) is 8.96. The zero-order valence-corrected chi connectivity index (χ0v) is 18.3. The van der Waals surface area contributed by atoms with Crippen LogP contribution in [0.5, 0.6) is 17.2 Å². The van der Waals surface area contributed by atoms with E-state index in [1.54, 1.807) is 18.3 Å². The van der Waals surface area contributed by atoms with Crippen molar-refractivity contribution in [2.45, 2.75) is 37.5 Å². The summed E-state index contributed by atoms with van der Waals surface area (Å²) in [4.78, 5) is 28.5. The Morgan fingerprint density at radius 3 is 2.69 bits per heavy atom. The number of ether oxygens (including phenoxy) is 2. The highest BCUT2D eigenvalue weighted by Gasteiger charge is 2.59. The summed E-state index contributed by atoms with van der Waals surface area (Å²) in [7, 11) is 0. The van der Waals surface area contributed by atoms with Crippen LogP contribution in [-0.2, 0) is 17.4 Å². The molecule has 35 heavy (non-hydrogen) atoms. The number of halogens is 3. The van der Waals surface area contributed by atoms with Crippen LogP contribution < -0.4 is 14.8 Å². The molecule has 0 radical (unpaired) electrons. The summed E-state index contributed by atoms with van der Waals surface area (Å²) in [6.45, 7) is 0. The van der Waals surface area contributed by atoms with Crippen LogP contribution in [0.1, 0.15) is 45.8 Å². The van der Waals surface area contributed by atoms with Crippen LogP contribution in [-0.4, -0.2) is 22.8 Å². The fourth-order valence-electron chi connectivity index (χ4n) is 4.91. The van der Waals surface area contributed by atoms with E-state index in [1.165, 1.54) is 12.1 Å². The number of ketones is 1. The first-order valence-electron chi connectivity index (χ1n) is 11.2. The molecule has 3 aliphatic rings. The van der Waals surface area contributed by atoms with E-state index >= 15 is 0 Å². The second-order valence-corrected chi connectivity index (χ2v) is 8.96. The SMILES string of the molecule is O=C1CCc2c(Oc3ccc4c(c3)[C@H]3[C@H](CC(=O)c5ccc(C(F)(F)F)cc5)[C@H]3O4)ccnc2N1. The fraction of sp³-hybridized carbons (Fsp3) is 0.269. The molecule has 1 N–H and O–H groups in total. The topological polar surface area (TPSA) is 77.5 Å². The van der Waals surface area contributed by atoms with Gasteiger partial charge in [-0.15, -0.1) is 0 Å². The Labute approximate surface area is 198 Å². The molecule has 0 unspecified atom stereocenters. The second kappa shape index (κ2) is 7.83. The van der Waals surface area contributed by atoms with E-state index < -0.39 is 11.7 Å². The predicted octanol–water partition coefficient (Wildman–Crippen LogP) is 5.52. The van der Waals surface area contributed by atoms with E-state index in [9.17, 15) is 22.8 Å². The average molecular weight is 480 g/mol. The number of hydrogen-bond acceptors (Lipinski definition) is 5. The van der Waals surface area contributed by atoms with Crippen molar-refractivity contribution in [3.05, 3.63) is 77.0 Å². The summed E-state index contributed by atoms with van der Waals surface area (Å²) in [5, 5.41) is 2.75. The molecule has 3 aromatic rings. The van der Waals surface area contributed by atoms with Gasteiger partial charge in [0.1, 0.15) is 29.2 Å². The lowest BCUT2D eigenvalue weighted by atomic mass is 10.0. The number of amides is 1. The monoisotopic (exact) mass is 480 g/mol. The van der Waals surface area contributed by atoms with Crippen molar-refractivity contribution in [2.75, 3.05) is 5.32 Å². The van der Waals surface area contributed by atoms with Crippen molar-refractivity contribution in [3.8, 4) is 17.2 Å². The van der Waals surface area contributed by atoms with Crippen molar-refractivity contribution in [2.24, 2.45) is 5.92 Å². The molecule has 2 aromatic carbocycles. The van der Waals surface area contributed by atoms with Crippen LogP contribution in [0.2, 0.25) is 0 Å². The first kappa shape index (κ1) is 21.6. The molecule has 3 heterocycles. The van der Waals surface area contributed by atoms with E-state index in [0.717, 1.165) is 29.0 Å². The van der Waals surface area contributed by atoms with Crippen molar-refractivity contribution >= 4 is 17.5 Å². The number of pyridine rings is 1. The summed E-state index contributed by atoms with van der Waals surface area (Å²) >= 11 is 0. The van der Waals surface area contributed by atoms with Gasteiger partial charge < -0.3 is 14.8 Å². The van der Waals surface area contributed by atoms with E-state index in [0.29, 0.717) is 30.2 Å². The molecule has 1 amide bonds. The predicted molar refractivity (Wildman–Crippen MR) is 119 cm³/mol. The summed E-state index contributed by atoms with van der Waals surface area (Å²) in [5.74, 6) is 2.21. The number of alkyl halides is 3. The molecule has 1 fully saturated rings. The minimum atomic E-state index is -4.43. The van der Waals surface area contributed by atoms with Crippen LogP contribution in [0, 0.1) is 5.92 Å². The number of rotatable bonds is 5. The van der Waals surface area contributed by atoms with Gasteiger partial charge in [-0.05, 0) is 42.8 Å². The zero-order valence-electron chi connectivity index (χ0n) is 18.3. The third-order valence-corrected chi connectivity index (χ3v) is 6.76. The largest absolute Gasteiger partial charge is 0.489 e. The van der Waals surface area contributed by atoms with E-state index in [1.807, 2.05) is 12.1 Å². The third-order valence-electron chi connectivity index (χ3n) is 6.76. The molecule has 9 heteroatoms. The van der Waals surface area contributed by atoms with Crippen LogP contribution >= 0.6 is 0 Å². The maximum absolute atomic E-state index is 12.8. The maximum atomic E-state index is 12.8. The highest BCUT2D eigenvalue weighted by molar-refractivity contribution is 5.96. The number of hydrogen-bond donors (Lipinski definition) is 1. The van der Waals surface area contributed by atoms with Crippen molar-refractivity contribution < 1.29 is 32.2 Å². The lowest BCUT2D eigenvalue weighted by Gasteiger charge is -2.19. The Morgan fingerprint density at radius 2 is 1.91 bits per heavy atom. The Morgan fingerprint density at radius 1 is 1.11 bits per heavy atom. The average Bonchev–Trinajstić information content (AvgIpc) is 3.35. The van der Waals surface area contributed by atoms with Gasteiger partial charge in [0.25, 0.3) is 0 Å². The van der Waals surface area contributed by atoms with Gasteiger partial charge in [0.15, 0.2) is 5.78 Å². The smallest absolute Gasteiger partial charge is 0.416 e. The molecule has 0 saturated heterocycles. The Kier molecular flexibility index (Phi) is 4.84. The minimum absolute atomic E-state index is 0.0311. The van der Waals surface area contributed by atoms with Gasteiger partial charge in [-0.25, -0.2) is 4.98 Å². The number of anilines is 1. The summed E-state index contributed by atoms with van der Waals surface area (Å²) in [5.41, 5.74) is 1.27. The van der Waals surface area contributed by atoms with E-state index in [-0.39, 0.29) is 41.6 Å². The van der Waals surface area contributed by atoms with Gasteiger partial charge in [0.05, 0.1) is 5.56 Å². The van der Waals surface area contributed by atoms with Crippen LogP contribution in [0.4, 0.5) is 19.0 Å². The molecule has 6 nitrogen and oxygen atoms in total. The van der Waals surface area contributed by atoms with Gasteiger partial charge in [-0.1, -0.05) is 12.1 Å². The Hall–Kier alpha value is -3.88. The number of nitrogens with zero attached hydrogens (tertiary/aromatic N) is 1. The van der Waals surface area contributed by atoms with Crippen molar-refractivity contribution in [3.63, 3.8) is 0 Å². The molecule has 1 aromatic heterocycles. The van der Waals surface area contributed by atoms with Gasteiger partial charge in [-0.3, -0.25) is 9.59 Å². The first-order valence-corrected chi connectivity index (χ1v) is 11.2. The van der Waals surface area contributed by atoms with Crippen LogP contribution in [0.25, 0.3) is 0 Å². The fourth-order valence-corrected chi connectivity index (χ4v) is 4.91. The molecule has 178 valence electrons. The summed E-state index contributed by atoms with van der Waals surface area (Å²) in [6, 6.07) is 11.6. The number of Topliss-reactive ketones (excluding diaryl/α,β-unsaturated/α-hetero) is 1. The molecule has 1 aliphatic carbocycles. The van der Waals surface area contributed by atoms with Gasteiger partial charge in [0.2, 0.25) is 5.91 Å². The zero-order chi connectivity index (χ0) is 24.3. The number of benzene rings is 2. The summed E-state index contributed by atoms with van der Waals surface area (Å²) < 4.78 is 50.4. The lowest BCUT2D eigenvalue weighted by Crippen LogP contribution is -2.20. The first-order chi connectivity index (χ1) is 16.8. The Bertz CT molecular complexity index is 1350. The summed E-state index contributed by atoms with van der Waals surface area (Å²) in [6.07, 6.45) is -1.88. The number of nitrogens with one attached hydrogen (secondary N) is 1. The molecular weight excluding hydrogens is 461 g/mol. The number of aromatic nitrogens is 1. The van der Waals surface area contributed by atoms with E-state index in [4.69, 9.17) is 9.47 Å². The van der Waals surface area contributed by atoms with E-state index in [2.05, 4.69) is 10.3 Å². The van der Waals surface area contributed by atoms with Crippen molar-refractivity contribution in [1.29, 1.82) is 0 Å². The third kappa shape index (κ3) is 3.90. The van der Waals surface area contributed by atoms with Gasteiger partial charge in [0, 0.05) is 47.6 Å². The highest BCUT2D eigenvalue weighted by Crippen LogP contribution is 2.60. The van der Waals surface area contributed by atoms with Gasteiger partial charge >= 0.3 is 6.18 Å². The van der Waals surface area contributed by atoms with Crippen LogP contribution in [0.15, 0.2) is 54.7 Å². The number of carbonyl (C=O) groups is 2. The maximum Gasteiger partial charge on any atom is 0.416 e. The Balaban J connectivity index is 1.16. The number of carbonyl (C=O) groups excluding carboxylic acids is 2.